The standard InChI is InChI=1S/C13H16O4/c1-13(2,11-5-4-8-17-11)9-10(14)6-7-12(15)16-3/h4-8H,9H2,1-3H3/b7-6+. The van der Waals surface area contributed by atoms with Crippen molar-refractivity contribution in [3.05, 3.63) is 36.3 Å². The second-order valence-corrected chi connectivity index (χ2v) is 4.36. The maximum Gasteiger partial charge on any atom is 0.330 e. The van der Waals surface area contributed by atoms with E-state index in [1.165, 1.54) is 13.2 Å². The van der Waals surface area contributed by atoms with E-state index >= 15 is 0 Å². The predicted molar refractivity (Wildman–Crippen MR) is 62.5 cm³/mol. The van der Waals surface area contributed by atoms with Gasteiger partial charge < -0.3 is 9.15 Å². The minimum Gasteiger partial charge on any atom is -0.469 e. The van der Waals surface area contributed by atoms with Crippen LogP contribution in [0.5, 0.6) is 0 Å². The molecule has 1 heterocycles. The SMILES string of the molecule is COC(=O)/C=C/C(=O)CC(C)(C)c1ccco1. The molecule has 1 rings (SSSR count). The van der Waals surface area contributed by atoms with Crippen LogP contribution in [0.25, 0.3) is 0 Å². The van der Waals surface area contributed by atoms with Gasteiger partial charge in [-0.2, -0.15) is 0 Å². The molecule has 4 heteroatoms. The number of carbonyl (C=O) groups is 2. The van der Waals surface area contributed by atoms with Gasteiger partial charge in [-0.15, -0.1) is 0 Å². The van der Waals surface area contributed by atoms with Gasteiger partial charge in [0.05, 0.1) is 13.4 Å². The minimum atomic E-state index is -0.533. The fourth-order valence-corrected chi connectivity index (χ4v) is 1.47. The third-order valence-electron chi connectivity index (χ3n) is 2.41. The largest absolute Gasteiger partial charge is 0.469 e. The molecule has 0 aromatic carbocycles. The van der Waals surface area contributed by atoms with Crippen LogP contribution in [0.4, 0.5) is 0 Å². The van der Waals surface area contributed by atoms with Crippen LogP contribution < -0.4 is 0 Å². The molecule has 0 radical (unpaired) electrons. The fourth-order valence-electron chi connectivity index (χ4n) is 1.47. The lowest BCUT2D eigenvalue weighted by Gasteiger charge is -2.19. The molecule has 0 atom stereocenters. The number of hydrogen-bond acceptors (Lipinski definition) is 4. The van der Waals surface area contributed by atoms with Crippen LogP contribution >= 0.6 is 0 Å². The van der Waals surface area contributed by atoms with Crippen LogP contribution in [0.2, 0.25) is 0 Å². The van der Waals surface area contributed by atoms with Gasteiger partial charge >= 0.3 is 5.97 Å². The van der Waals surface area contributed by atoms with Gasteiger partial charge in [-0.25, -0.2) is 4.79 Å². The summed E-state index contributed by atoms with van der Waals surface area (Å²) in [5.74, 6) is 0.0725. The van der Waals surface area contributed by atoms with E-state index in [2.05, 4.69) is 4.74 Å². The molecule has 92 valence electrons. The highest BCUT2D eigenvalue weighted by Crippen LogP contribution is 2.27. The molecule has 0 aliphatic rings. The Morgan fingerprint density at radius 1 is 1.41 bits per heavy atom. The van der Waals surface area contributed by atoms with Crippen LogP contribution in [-0.4, -0.2) is 18.9 Å². The Morgan fingerprint density at radius 3 is 2.65 bits per heavy atom. The zero-order valence-corrected chi connectivity index (χ0v) is 10.2. The van der Waals surface area contributed by atoms with Crippen LogP contribution in [0.3, 0.4) is 0 Å². The summed E-state index contributed by atoms with van der Waals surface area (Å²) in [5, 5.41) is 0. The third-order valence-corrected chi connectivity index (χ3v) is 2.41. The normalized spacial score (nSPS) is 11.7. The molecule has 1 aromatic heterocycles. The molecule has 0 N–H and O–H groups in total. The Morgan fingerprint density at radius 2 is 2.12 bits per heavy atom. The lowest BCUT2D eigenvalue weighted by molar-refractivity contribution is -0.135. The minimum absolute atomic E-state index is 0.142. The highest BCUT2D eigenvalue weighted by Gasteiger charge is 2.25. The van der Waals surface area contributed by atoms with Gasteiger partial charge in [0.15, 0.2) is 5.78 Å². The third kappa shape index (κ3) is 3.90. The quantitative estimate of drug-likeness (QED) is 0.581. The highest BCUT2D eigenvalue weighted by atomic mass is 16.5. The molecule has 0 saturated carbocycles. The van der Waals surface area contributed by atoms with Crippen LogP contribution in [0.15, 0.2) is 35.0 Å². The molecule has 0 saturated heterocycles. The monoisotopic (exact) mass is 236 g/mol. The Balaban J connectivity index is 2.63. The van der Waals surface area contributed by atoms with E-state index in [1.54, 1.807) is 12.3 Å². The van der Waals surface area contributed by atoms with E-state index in [9.17, 15) is 9.59 Å². The summed E-state index contributed by atoms with van der Waals surface area (Å²) in [4.78, 5) is 22.5. The van der Waals surface area contributed by atoms with Gasteiger partial charge in [0, 0.05) is 17.9 Å². The number of ether oxygens (including phenoxy) is 1. The van der Waals surface area contributed by atoms with Gasteiger partial charge in [0.2, 0.25) is 0 Å². The first-order valence-corrected chi connectivity index (χ1v) is 5.28. The molecule has 0 bridgehead atoms. The Hall–Kier alpha value is -1.84. The molecule has 0 aliphatic heterocycles. The fraction of sp³-hybridized carbons (Fsp3) is 0.385. The maximum absolute atomic E-state index is 11.6. The summed E-state index contributed by atoms with van der Waals surface area (Å²) < 4.78 is 9.68. The topological polar surface area (TPSA) is 56.5 Å². The number of allylic oxidation sites excluding steroid dienone is 1. The Labute approximate surface area is 100 Å². The van der Waals surface area contributed by atoms with E-state index in [4.69, 9.17) is 4.42 Å². The summed E-state index contributed by atoms with van der Waals surface area (Å²) in [6.07, 6.45) is 4.21. The number of rotatable bonds is 5. The molecular weight excluding hydrogens is 220 g/mol. The van der Waals surface area contributed by atoms with Crippen molar-refractivity contribution in [2.45, 2.75) is 25.7 Å². The highest BCUT2D eigenvalue weighted by molar-refractivity contribution is 5.96. The predicted octanol–water partition coefficient (Wildman–Crippen LogP) is 2.25. The number of esters is 1. The molecule has 17 heavy (non-hydrogen) atoms. The molecule has 0 amide bonds. The zero-order chi connectivity index (χ0) is 12.9. The van der Waals surface area contributed by atoms with E-state index < -0.39 is 5.97 Å². The van der Waals surface area contributed by atoms with Crippen molar-refractivity contribution in [3.63, 3.8) is 0 Å². The van der Waals surface area contributed by atoms with E-state index in [0.29, 0.717) is 0 Å². The maximum atomic E-state index is 11.6. The average Bonchev–Trinajstić information content (AvgIpc) is 2.79. The van der Waals surface area contributed by atoms with Gasteiger partial charge in [0.1, 0.15) is 5.76 Å². The second kappa shape index (κ2) is 5.48. The summed E-state index contributed by atoms with van der Waals surface area (Å²) >= 11 is 0. The lowest BCUT2D eigenvalue weighted by Crippen LogP contribution is -2.20. The van der Waals surface area contributed by atoms with Crippen molar-refractivity contribution in [2.75, 3.05) is 7.11 Å². The first-order valence-electron chi connectivity index (χ1n) is 5.28. The first-order chi connectivity index (χ1) is 7.95. The number of furan rings is 1. The number of ketones is 1. The van der Waals surface area contributed by atoms with E-state index in [-0.39, 0.29) is 17.6 Å². The number of carbonyl (C=O) groups excluding carboxylic acids is 2. The first kappa shape index (κ1) is 13.2. The van der Waals surface area contributed by atoms with Crippen molar-refractivity contribution < 1.29 is 18.7 Å². The van der Waals surface area contributed by atoms with Crippen LogP contribution in [-0.2, 0) is 19.7 Å². The van der Waals surface area contributed by atoms with Crippen molar-refractivity contribution in [1.29, 1.82) is 0 Å². The zero-order valence-electron chi connectivity index (χ0n) is 10.2. The summed E-state index contributed by atoms with van der Waals surface area (Å²) in [5.41, 5.74) is -0.388. The van der Waals surface area contributed by atoms with Crippen molar-refractivity contribution in [3.8, 4) is 0 Å². The molecule has 4 nitrogen and oxygen atoms in total. The van der Waals surface area contributed by atoms with Crippen molar-refractivity contribution >= 4 is 11.8 Å². The number of hydrogen-bond donors (Lipinski definition) is 0. The summed E-state index contributed by atoms with van der Waals surface area (Å²) in [6.45, 7) is 3.82. The van der Waals surface area contributed by atoms with Gasteiger partial charge in [0.25, 0.3) is 0 Å². The van der Waals surface area contributed by atoms with Gasteiger partial charge in [-0.1, -0.05) is 13.8 Å². The Bertz CT molecular complexity index is 413. The molecule has 0 fully saturated rings. The van der Waals surface area contributed by atoms with Crippen LogP contribution in [0, 0.1) is 0 Å². The van der Waals surface area contributed by atoms with Crippen molar-refractivity contribution in [1.82, 2.24) is 0 Å². The molecule has 0 unspecified atom stereocenters. The Kier molecular flexibility index (Phi) is 4.26. The van der Waals surface area contributed by atoms with E-state index in [1.807, 2.05) is 19.9 Å². The van der Waals surface area contributed by atoms with Crippen molar-refractivity contribution in [2.24, 2.45) is 0 Å². The molecular formula is C13H16O4. The number of methoxy groups -OCH3 is 1. The molecule has 0 spiro atoms. The smallest absolute Gasteiger partial charge is 0.330 e. The molecule has 1 aromatic rings. The van der Waals surface area contributed by atoms with E-state index in [0.717, 1.165) is 11.8 Å². The summed E-state index contributed by atoms with van der Waals surface area (Å²) in [6, 6.07) is 3.61. The van der Waals surface area contributed by atoms with Crippen LogP contribution in [0.1, 0.15) is 26.0 Å². The van der Waals surface area contributed by atoms with Gasteiger partial charge in [-0.05, 0) is 18.2 Å². The average molecular weight is 236 g/mol. The lowest BCUT2D eigenvalue weighted by atomic mass is 9.84. The van der Waals surface area contributed by atoms with Gasteiger partial charge in [-0.3, -0.25) is 4.79 Å². The molecule has 0 aliphatic carbocycles. The summed E-state index contributed by atoms with van der Waals surface area (Å²) in [7, 11) is 1.27. The second-order valence-electron chi connectivity index (χ2n) is 4.36.